The van der Waals surface area contributed by atoms with E-state index in [1.54, 1.807) is 24.3 Å². The van der Waals surface area contributed by atoms with E-state index >= 15 is 0 Å². The monoisotopic (exact) mass is 367 g/mol. The van der Waals surface area contributed by atoms with Crippen LogP contribution in [0.25, 0.3) is 0 Å². The fourth-order valence-electron chi connectivity index (χ4n) is 2.20. The van der Waals surface area contributed by atoms with Crippen LogP contribution in [0.15, 0.2) is 64.9 Å². The number of hydrogen-bond donors (Lipinski definition) is 0. The Morgan fingerprint density at radius 3 is 2.40 bits per heavy atom. The third kappa shape index (κ3) is 4.27. The maximum atomic E-state index is 12.9. The van der Waals surface area contributed by atoms with Gasteiger partial charge in [0.05, 0.1) is 25.5 Å². The molecule has 0 unspecified atom stereocenters. The maximum Gasteiger partial charge on any atom is 0.355 e. The molecule has 1 aliphatic heterocycles. The van der Waals surface area contributed by atoms with E-state index in [1.165, 1.54) is 43.5 Å². The first-order valence-electron chi connectivity index (χ1n) is 7.08. The summed E-state index contributed by atoms with van der Waals surface area (Å²) in [6.07, 6.45) is 6.00. The van der Waals surface area contributed by atoms with Gasteiger partial charge in [0.1, 0.15) is 5.70 Å². The van der Waals surface area contributed by atoms with Crippen LogP contribution in [0, 0.1) is 0 Å². The quantitative estimate of drug-likeness (QED) is 0.587. The third-order valence-corrected chi connectivity index (χ3v) is 4.01. The smallest absolute Gasteiger partial charge is 0.355 e. The summed E-state index contributed by atoms with van der Waals surface area (Å²) in [6, 6.07) is 6.32. The minimum atomic E-state index is -2.64. The van der Waals surface area contributed by atoms with Crippen LogP contribution in [0.5, 0.6) is 0 Å². The van der Waals surface area contributed by atoms with Crippen molar-refractivity contribution in [3.05, 3.63) is 60.0 Å². The van der Waals surface area contributed by atoms with Gasteiger partial charge in [-0.1, -0.05) is 30.0 Å². The first-order chi connectivity index (χ1) is 12.0. The fourth-order valence-corrected chi connectivity index (χ4v) is 2.84. The molecule has 0 amide bonds. The second-order valence-corrected chi connectivity index (χ2v) is 5.69. The average Bonchev–Trinajstić information content (AvgIpc) is 2.83. The Bertz CT molecular complexity index is 759. The molecule has 2 rings (SSSR count). The van der Waals surface area contributed by atoms with Crippen molar-refractivity contribution in [3.63, 3.8) is 0 Å². The number of carbonyl (C=O) groups is 2. The largest absolute Gasteiger partial charge is 0.465 e. The number of alkyl halides is 2. The van der Waals surface area contributed by atoms with E-state index in [1.807, 2.05) is 0 Å². The van der Waals surface area contributed by atoms with E-state index in [2.05, 4.69) is 0 Å². The number of methoxy groups -OCH3 is 2. The summed E-state index contributed by atoms with van der Waals surface area (Å²) >= 11 is 0.342. The van der Waals surface area contributed by atoms with Crippen LogP contribution in [0.1, 0.15) is 0 Å². The number of nitrogens with zero attached hydrogens (tertiary/aromatic N) is 1. The van der Waals surface area contributed by atoms with E-state index in [0.29, 0.717) is 17.4 Å². The molecule has 8 heteroatoms. The fraction of sp³-hybridized carbons (Fsp3) is 0.176. The number of benzene rings is 1. The van der Waals surface area contributed by atoms with Crippen molar-refractivity contribution in [2.45, 2.75) is 10.7 Å². The highest BCUT2D eigenvalue weighted by Crippen LogP contribution is 2.37. The van der Waals surface area contributed by atoms with Crippen LogP contribution >= 0.6 is 11.8 Å². The number of allylic oxidation sites excluding steroid dienone is 2. The van der Waals surface area contributed by atoms with Crippen LogP contribution < -0.4 is 4.90 Å². The number of esters is 2. The molecule has 1 aliphatic rings. The van der Waals surface area contributed by atoms with Crippen LogP contribution in [0.4, 0.5) is 14.5 Å². The second-order valence-electron chi connectivity index (χ2n) is 4.66. The van der Waals surface area contributed by atoms with E-state index in [4.69, 9.17) is 9.47 Å². The molecule has 0 bridgehead atoms. The summed E-state index contributed by atoms with van der Waals surface area (Å²) in [5.41, 5.74) is 0.146. The number of hydrogen-bond acceptors (Lipinski definition) is 6. The van der Waals surface area contributed by atoms with Gasteiger partial charge in [0.15, 0.2) is 0 Å². The maximum absolute atomic E-state index is 12.9. The standard InChI is InChI=1S/C17H15F2NO4S/c1-23-15(21)11-7-5-6-10-20(14(11)16(22)24-2)12-8-3-4-9-13(12)25-17(18)19/h3-10,17H,1-2H3. The van der Waals surface area contributed by atoms with Crippen molar-refractivity contribution in [2.75, 3.05) is 19.1 Å². The van der Waals surface area contributed by atoms with Crippen molar-refractivity contribution < 1.29 is 27.8 Å². The molecule has 0 atom stereocenters. The highest BCUT2D eigenvalue weighted by atomic mass is 32.2. The van der Waals surface area contributed by atoms with Crippen LogP contribution in [-0.4, -0.2) is 31.9 Å². The molecular weight excluding hydrogens is 352 g/mol. The predicted octanol–water partition coefficient (Wildman–Crippen LogP) is 3.49. The first kappa shape index (κ1) is 18.7. The molecule has 1 aromatic carbocycles. The summed E-state index contributed by atoms with van der Waals surface area (Å²) in [5.74, 6) is -4.18. The van der Waals surface area contributed by atoms with Gasteiger partial charge in [-0.25, -0.2) is 9.59 Å². The molecule has 5 nitrogen and oxygen atoms in total. The number of ether oxygens (including phenoxy) is 2. The molecule has 25 heavy (non-hydrogen) atoms. The minimum Gasteiger partial charge on any atom is -0.465 e. The molecule has 0 saturated heterocycles. The summed E-state index contributed by atoms with van der Waals surface area (Å²) in [7, 11) is 2.35. The Labute approximate surface area is 147 Å². The Morgan fingerprint density at radius 1 is 1.08 bits per heavy atom. The average molecular weight is 367 g/mol. The molecule has 0 radical (unpaired) electrons. The van der Waals surface area contributed by atoms with Crippen LogP contribution in [0.2, 0.25) is 0 Å². The number of carbonyl (C=O) groups excluding carboxylic acids is 2. The number of rotatable bonds is 5. The zero-order chi connectivity index (χ0) is 18.4. The zero-order valence-corrected chi connectivity index (χ0v) is 14.3. The van der Waals surface area contributed by atoms with Crippen molar-refractivity contribution in [3.8, 4) is 0 Å². The summed E-state index contributed by atoms with van der Waals surface area (Å²) in [4.78, 5) is 26.0. The van der Waals surface area contributed by atoms with Gasteiger partial charge in [-0.15, -0.1) is 0 Å². The molecule has 0 fully saturated rings. The highest BCUT2D eigenvalue weighted by Gasteiger charge is 2.28. The van der Waals surface area contributed by atoms with Gasteiger partial charge in [-0.3, -0.25) is 0 Å². The van der Waals surface area contributed by atoms with Gasteiger partial charge in [-0.05, 0) is 24.3 Å². The Balaban J connectivity index is 2.66. The Kier molecular flexibility index (Phi) is 6.35. The summed E-state index contributed by atoms with van der Waals surface area (Å²) < 4.78 is 35.2. The van der Waals surface area contributed by atoms with Gasteiger partial charge in [0.2, 0.25) is 0 Å². The first-order valence-corrected chi connectivity index (χ1v) is 7.96. The molecule has 0 aromatic heterocycles. The Hall–Kier alpha value is -2.61. The lowest BCUT2D eigenvalue weighted by Gasteiger charge is -2.25. The predicted molar refractivity (Wildman–Crippen MR) is 90.1 cm³/mol. The molecule has 132 valence electrons. The number of anilines is 1. The van der Waals surface area contributed by atoms with Gasteiger partial charge >= 0.3 is 11.9 Å². The van der Waals surface area contributed by atoms with Gasteiger partial charge < -0.3 is 14.4 Å². The molecule has 1 heterocycles. The van der Waals surface area contributed by atoms with Crippen molar-refractivity contribution in [1.82, 2.24) is 0 Å². The third-order valence-electron chi connectivity index (χ3n) is 3.23. The molecule has 1 aromatic rings. The van der Waals surface area contributed by atoms with Crippen molar-refractivity contribution in [2.24, 2.45) is 0 Å². The topological polar surface area (TPSA) is 55.8 Å². The SMILES string of the molecule is COC(=O)C1=C(C(=O)OC)N(c2ccccc2SC(F)F)C=CC=C1. The highest BCUT2D eigenvalue weighted by molar-refractivity contribution is 7.99. The van der Waals surface area contributed by atoms with Gasteiger partial charge in [0.25, 0.3) is 5.76 Å². The number of para-hydroxylation sites is 1. The summed E-state index contributed by atoms with van der Waals surface area (Å²) in [5, 5.41) is 0. The lowest BCUT2D eigenvalue weighted by atomic mass is 10.1. The zero-order valence-electron chi connectivity index (χ0n) is 13.4. The normalized spacial score (nSPS) is 13.9. The second kappa shape index (κ2) is 8.48. The molecule has 0 saturated carbocycles. The molecule has 0 spiro atoms. The van der Waals surface area contributed by atoms with E-state index in [9.17, 15) is 18.4 Å². The summed E-state index contributed by atoms with van der Waals surface area (Å²) in [6.45, 7) is 0. The van der Waals surface area contributed by atoms with Crippen molar-refractivity contribution >= 4 is 29.4 Å². The minimum absolute atomic E-state index is 0.0452. The number of halogens is 2. The molecule has 0 aliphatic carbocycles. The molecular formula is C17H15F2NO4S. The lowest BCUT2D eigenvalue weighted by Crippen LogP contribution is -2.27. The molecule has 0 N–H and O–H groups in total. The van der Waals surface area contributed by atoms with Gasteiger partial charge in [0, 0.05) is 11.1 Å². The van der Waals surface area contributed by atoms with Gasteiger partial charge in [-0.2, -0.15) is 8.78 Å². The van der Waals surface area contributed by atoms with E-state index in [0.717, 1.165) is 0 Å². The Morgan fingerprint density at radius 2 is 1.76 bits per heavy atom. The lowest BCUT2D eigenvalue weighted by molar-refractivity contribution is -0.139. The van der Waals surface area contributed by atoms with Crippen LogP contribution in [0.3, 0.4) is 0 Å². The van der Waals surface area contributed by atoms with E-state index < -0.39 is 17.7 Å². The van der Waals surface area contributed by atoms with E-state index in [-0.39, 0.29) is 16.2 Å². The van der Waals surface area contributed by atoms with Crippen LogP contribution in [-0.2, 0) is 19.1 Å². The van der Waals surface area contributed by atoms with Crippen molar-refractivity contribution in [1.29, 1.82) is 0 Å². The number of thioether (sulfide) groups is 1.